The molecule has 1 aromatic carbocycles. The SMILES string of the molecule is C#CCNC(C)c1ccc2c(c1)CCCC2. The van der Waals surface area contributed by atoms with Crippen molar-refractivity contribution in [1.29, 1.82) is 0 Å². The Morgan fingerprint density at radius 1 is 1.31 bits per heavy atom. The standard InChI is InChI=1S/C15H19N/c1-3-10-16-12(2)14-9-8-13-6-4-5-7-15(13)11-14/h1,8-9,11-12,16H,4-7,10H2,2H3. The third-order valence-electron chi connectivity index (χ3n) is 3.38. The zero-order valence-corrected chi connectivity index (χ0v) is 9.92. The molecule has 1 heteroatoms. The van der Waals surface area contributed by atoms with Crippen LogP contribution < -0.4 is 5.32 Å². The molecular weight excluding hydrogens is 194 g/mol. The van der Waals surface area contributed by atoms with Crippen LogP contribution in [0.25, 0.3) is 0 Å². The Hall–Kier alpha value is -1.26. The van der Waals surface area contributed by atoms with Crippen LogP contribution >= 0.6 is 0 Å². The van der Waals surface area contributed by atoms with E-state index in [1.165, 1.54) is 36.8 Å². The molecule has 0 radical (unpaired) electrons. The fourth-order valence-electron chi connectivity index (χ4n) is 2.35. The van der Waals surface area contributed by atoms with Gasteiger partial charge in [0.25, 0.3) is 0 Å². The first-order chi connectivity index (χ1) is 7.81. The maximum Gasteiger partial charge on any atom is 0.0578 e. The molecule has 2 rings (SSSR count). The highest BCUT2D eigenvalue weighted by atomic mass is 14.9. The van der Waals surface area contributed by atoms with Crippen molar-refractivity contribution in [1.82, 2.24) is 5.32 Å². The molecule has 0 aliphatic heterocycles. The summed E-state index contributed by atoms with van der Waals surface area (Å²) in [6.45, 7) is 2.81. The number of rotatable bonds is 3. The monoisotopic (exact) mass is 213 g/mol. The number of terminal acetylenes is 1. The van der Waals surface area contributed by atoms with E-state index < -0.39 is 0 Å². The molecule has 0 saturated heterocycles. The van der Waals surface area contributed by atoms with Crippen molar-refractivity contribution < 1.29 is 0 Å². The smallest absolute Gasteiger partial charge is 0.0578 e. The van der Waals surface area contributed by atoms with Gasteiger partial charge in [0.2, 0.25) is 0 Å². The van der Waals surface area contributed by atoms with E-state index in [-0.39, 0.29) is 0 Å². The predicted octanol–water partition coefficient (Wildman–Crippen LogP) is 2.85. The van der Waals surface area contributed by atoms with Crippen LogP contribution in [0, 0.1) is 12.3 Å². The van der Waals surface area contributed by atoms with Crippen LogP contribution in [-0.4, -0.2) is 6.54 Å². The van der Waals surface area contributed by atoms with Crippen molar-refractivity contribution in [2.75, 3.05) is 6.54 Å². The molecule has 0 heterocycles. The third kappa shape index (κ3) is 2.46. The van der Waals surface area contributed by atoms with Crippen LogP contribution in [0.4, 0.5) is 0 Å². The first-order valence-corrected chi connectivity index (χ1v) is 6.10. The van der Waals surface area contributed by atoms with Crippen molar-refractivity contribution in [2.24, 2.45) is 0 Å². The molecule has 16 heavy (non-hydrogen) atoms. The fraction of sp³-hybridized carbons (Fsp3) is 0.467. The van der Waals surface area contributed by atoms with Crippen molar-refractivity contribution in [2.45, 2.75) is 38.6 Å². The van der Waals surface area contributed by atoms with Gasteiger partial charge in [-0.05, 0) is 49.3 Å². The van der Waals surface area contributed by atoms with E-state index in [1.807, 2.05) is 0 Å². The van der Waals surface area contributed by atoms with Crippen molar-refractivity contribution in [3.63, 3.8) is 0 Å². The van der Waals surface area contributed by atoms with Crippen LogP contribution in [-0.2, 0) is 12.8 Å². The highest BCUT2D eigenvalue weighted by Gasteiger charge is 2.11. The maximum atomic E-state index is 5.25. The Morgan fingerprint density at radius 3 is 2.81 bits per heavy atom. The number of aryl methyl sites for hydroxylation is 2. The zero-order valence-electron chi connectivity index (χ0n) is 9.92. The maximum absolute atomic E-state index is 5.25. The molecular formula is C15H19N. The molecule has 0 bridgehead atoms. The summed E-state index contributed by atoms with van der Waals surface area (Å²) in [5, 5.41) is 3.32. The third-order valence-corrected chi connectivity index (χ3v) is 3.38. The van der Waals surface area contributed by atoms with Gasteiger partial charge in [-0.2, -0.15) is 0 Å². The minimum Gasteiger partial charge on any atom is -0.300 e. The molecule has 1 aliphatic carbocycles. The molecule has 1 atom stereocenters. The van der Waals surface area contributed by atoms with Crippen molar-refractivity contribution in [3.05, 3.63) is 34.9 Å². The van der Waals surface area contributed by atoms with Gasteiger partial charge in [0.1, 0.15) is 0 Å². The summed E-state index contributed by atoms with van der Waals surface area (Å²) in [4.78, 5) is 0. The minimum absolute atomic E-state index is 0.350. The summed E-state index contributed by atoms with van der Waals surface area (Å²) in [5.41, 5.74) is 4.44. The summed E-state index contributed by atoms with van der Waals surface area (Å²) in [6, 6.07) is 7.22. The Morgan fingerprint density at radius 2 is 2.06 bits per heavy atom. The summed E-state index contributed by atoms with van der Waals surface area (Å²) >= 11 is 0. The largest absolute Gasteiger partial charge is 0.300 e. The molecule has 0 fully saturated rings. The minimum atomic E-state index is 0.350. The molecule has 1 nitrogen and oxygen atoms in total. The Balaban J connectivity index is 2.13. The average Bonchev–Trinajstić information content (AvgIpc) is 2.35. The highest BCUT2D eigenvalue weighted by Crippen LogP contribution is 2.24. The van der Waals surface area contributed by atoms with Gasteiger partial charge in [-0.1, -0.05) is 24.1 Å². The van der Waals surface area contributed by atoms with Crippen molar-refractivity contribution in [3.8, 4) is 12.3 Å². The number of benzene rings is 1. The lowest BCUT2D eigenvalue weighted by atomic mass is 9.89. The van der Waals surface area contributed by atoms with Gasteiger partial charge in [-0.15, -0.1) is 6.42 Å². The van der Waals surface area contributed by atoms with E-state index in [9.17, 15) is 0 Å². The van der Waals surface area contributed by atoms with Gasteiger partial charge in [-0.3, -0.25) is 5.32 Å². The van der Waals surface area contributed by atoms with Gasteiger partial charge in [-0.25, -0.2) is 0 Å². The van der Waals surface area contributed by atoms with E-state index in [2.05, 4.69) is 36.4 Å². The van der Waals surface area contributed by atoms with Gasteiger partial charge in [0, 0.05) is 6.04 Å². The Bertz CT molecular complexity index is 400. The van der Waals surface area contributed by atoms with Crippen LogP contribution in [0.2, 0.25) is 0 Å². The molecule has 0 aromatic heterocycles. The molecule has 1 aromatic rings. The lowest BCUT2D eigenvalue weighted by molar-refractivity contribution is 0.618. The predicted molar refractivity (Wildman–Crippen MR) is 68.3 cm³/mol. The fourth-order valence-corrected chi connectivity index (χ4v) is 2.35. The molecule has 0 spiro atoms. The summed E-state index contributed by atoms with van der Waals surface area (Å²) in [7, 11) is 0. The van der Waals surface area contributed by atoms with Gasteiger partial charge < -0.3 is 0 Å². The summed E-state index contributed by atoms with van der Waals surface area (Å²) < 4.78 is 0. The van der Waals surface area contributed by atoms with E-state index in [0.29, 0.717) is 12.6 Å². The normalized spacial score (nSPS) is 16.2. The quantitative estimate of drug-likeness (QED) is 0.761. The Kier molecular flexibility index (Phi) is 3.64. The van der Waals surface area contributed by atoms with Gasteiger partial charge >= 0.3 is 0 Å². The first kappa shape index (κ1) is 11.2. The van der Waals surface area contributed by atoms with E-state index in [4.69, 9.17) is 6.42 Å². The second kappa shape index (κ2) is 5.18. The zero-order chi connectivity index (χ0) is 11.4. The van der Waals surface area contributed by atoms with Crippen LogP contribution in [0.5, 0.6) is 0 Å². The molecule has 0 amide bonds. The lowest BCUT2D eigenvalue weighted by Gasteiger charge is -2.19. The first-order valence-electron chi connectivity index (χ1n) is 6.10. The second-order valence-corrected chi connectivity index (χ2v) is 4.54. The number of nitrogens with one attached hydrogen (secondary N) is 1. The lowest BCUT2D eigenvalue weighted by Crippen LogP contribution is -2.19. The van der Waals surface area contributed by atoms with Crippen LogP contribution in [0.15, 0.2) is 18.2 Å². The van der Waals surface area contributed by atoms with E-state index in [0.717, 1.165) is 0 Å². The van der Waals surface area contributed by atoms with E-state index >= 15 is 0 Å². The average molecular weight is 213 g/mol. The number of hydrogen-bond donors (Lipinski definition) is 1. The highest BCUT2D eigenvalue weighted by molar-refractivity contribution is 5.35. The molecule has 1 unspecified atom stereocenters. The van der Waals surface area contributed by atoms with Crippen LogP contribution in [0.3, 0.4) is 0 Å². The number of hydrogen-bond acceptors (Lipinski definition) is 1. The van der Waals surface area contributed by atoms with Crippen molar-refractivity contribution >= 4 is 0 Å². The van der Waals surface area contributed by atoms with Crippen LogP contribution in [0.1, 0.15) is 42.5 Å². The Labute approximate surface area is 98.3 Å². The van der Waals surface area contributed by atoms with Gasteiger partial charge in [0.15, 0.2) is 0 Å². The molecule has 1 N–H and O–H groups in total. The molecule has 1 aliphatic rings. The summed E-state index contributed by atoms with van der Waals surface area (Å²) in [5.74, 6) is 2.62. The van der Waals surface area contributed by atoms with E-state index in [1.54, 1.807) is 5.56 Å². The topological polar surface area (TPSA) is 12.0 Å². The van der Waals surface area contributed by atoms with Gasteiger partial charge in [0.05, 0.1) is 6.54 Å². The summed E-state index contributed by atoms with van der Waals surface area (Å²) in [6.07, 6.45) is 10.4. The molecule has 0 saturated carbocycles. The molecule has 84 valence electrons. The second-order valence-electron chi connectivity index (χ2n) is 4.54. The number of fused-ring (bicyclic) bond motifs is 1.